The molecule has 3 amide bonds. The molecule has 1 saturated carbocycles. The number of carbonyl (C=O) groups is 3. The fourth-order valence-electron chi connectivity index (χ4n) is 3.67. The summed E-state index contributed by atoms with van der Waals surface area (Å²) in [6.45, 7) is -1.30. The Balaban J connectivity index is 0.00000112. The lowest BCUT2D eigenvalue weighted by Gasteiger charge is -2.28. The van der Waals surface area contributed by atoms with Gasteiger partial charge in [0, 0.05) is 17.1 Å². The van der Waals surface area contributed by atoms with Gasteiger partial charge in [0.25, 0.3) is 5.91 Å². The van der Waals surface area contributed by atoms with E-state index in [0.29, 0.717) is 11.1 Å². The topological polar surface area (TPSA) is 131 Å². The van der Waals surface area contributed by atoms with Crippen LogP contribution in [0.2, 0.25) is 5.02 Å². The first-order chi connectivity index (χ1) is 17.1. The summed E-state index contributed by atoms with van der Waals surface area (Å²) in [6.07, 6.45) is 2.84. The van der Waals surface area contributed by atoms with E-state index >= 15 is 0 Å². The molecular weight excluding hydrogens is 500 g/mol. The van der Waals surface area contributed by atoms with Crippen LogP contribution < -0.4 is 20.5 Å². The normalized spacial score (nSPS) is 14.5. The van der Waals surface area contributed by atoms with Gasteiger partial charge in [-0.3, -0.25) is 14.9 Å². The second kappa shape index (κ2) is 11.9. The monoisotopic (exact) mass is 525 g/mol. The molecule has 9 nitrogen and oxygen atoms in total. The molecule has 1 aliphatic carbocycles. The first kappa shape index (κ1) is 27.0. The van der Waals surface area contributed by atoms with Crippen molar-refractivity contribution in [1.82, 2.24) is 4.90 Å². The average molecular weight is 526 g/mol. The number of hydrogen-bond donors (Lipinski definition) is 3. The van der Waals surface area contributed by atoms with E-state index in [2.05, 4.69) is 10.1 Å². The molecule has 2 aliphatic rings. The van der Waals surface area contributed by atoms with E-state index in [-0.39, 0.29) is 47.3 Å². The summed E-state index contributed by atoms with van der Waals surface area (Å²) in [4.78, 5) is 37.6. The van der Waals surface area contributed by atoms with Crippen molar-refractivity contribution in [1.29, 1.82) is 0 Å². The predicted octanol–water partition coefficient (Wildman–Crippen LogP) is 5.17. The molecule has 0 radical (unpaired) electrons. The van der Waals surface area contributed by atoms with Crippen molar-refractivity contribution in [3.8, 4) is 11.5 Å². The predicted molar refractivity (Wildman–Crippen MR) is 128 cm³/mol. The Morgan fingerprint density at radius 2 is 1.89 bits per heavy atom. The number of carboxylic acid groups (broad SMARTS) is 1. The second-order valence-corrected chi connectivity index (χ2v) is 8.48. The van der Waals surface area contributed by atoms with Crippen LogP contribution in [-0.4, -0.2) is 41.1 Å². The number of halogens is 3. The summed E-state index contributed by atoms with van der Waals surface area (Å²) in [7, 11) is 0. The number of hydrogen-bond acceptors (Lipinski definition) is 5. The van der Waals surface area contributed by atoms with Gasteiger partial charge in [-0.1, -0.05) is 36.9 Å². The molecule has 1 unspecified atom stereocenters. The maximum Gasteiger partial charge on any atom is 0.409 e. The Kier molecular flexibility index (Phi) is 8.92. The molecule has 12 heteroatoms. The standard InChI is InChI=1S/C21H20ClF2N3O6.C3H6/c1-2-32-16-7-10(3-6-15(16)33-20(23)24)14(8-17(25)28)27-9-11-12(22)4-5-13(26-21(30)31)18(11)19(27)29;1-2-3-1/h3-7,14,20,26H,2,8-9H2,1H3,(H2,25,28)(H,30,31);1-3H2. The smallest absolute Gasteiger partial charge is 0.409 e. The zero-order valence-corrected chi connectivity index (χ0v) is 20.2. The molecule has 0 spiro atoms. The van der Waals surface area contributed by atoms with Gasteiger partial charge >= 0.3 is 12.7 Å². The second-order valence-electron chi connectivity index (χ2n) is 8.08. The number of rotatable bonds is 9. The fourth-order valence-corrected chi connectivity index (χ4v) is 3.89. The Morgan fingerprint density at radius 3 is 2.44 bits per heavy atom. The van der Waals surface area contributed by atoms with Gasteiger partial charge in [0.15, 0.2) is 11.5 Å². The number of ether oxygens (including phenoxy) is 2. The van der Waals surface area contributed by atoms with Crippen molar-refractivity contribution in [2.24, 2.45) is 5.73 Å². The van der Waals surface area contributed by atoms with Crippen LogP contribution in [0.3, 0.4) is 0 Å². The number of nitrogens with two attached hydrogens (primary N) is 1. The number of nitrogens with one attached hydrogen (secondary N) is 1. The van der Waals surface area contributed by atoms with Crippen LogP contribution in [0.5, 0.6) is 11.5 Å². The largest absolute Gasteiger partial charge is 0.490 e. The maximum atomic E-state index is 13.3. The number of alkyl halides is 2. The SMILES string of the molecule is C1CC1.CCOc1cc(C(CC(N)=O)N2Cc3c(Cl)ccc(NC(=O)O)c3C2=O)ccc1OC(F)F. The van der Waals surface area contributed by atoms with Gasteiger partial charge in [-0.25, -0.2) is 4.79 Å². The molecule has 0 bridgehead atoms. The molecule has 1 aliphatic heterocycles. The molecule has 194 valence electrons. The minimum absolute atomic E-state index is 0.000181. The molecule has 4 N–H and O–H groups in total. The lowest BCUT2D eigenvalue weighted by atomic mass is 10.0. The highest BCUT2D eigenvalue weighted by atomic mass is 35.5. The van der Waals surface area contributed by atoms with Crippen molar-refractivity contribution in [3.63, 3.8) is 0 Å². The summed E-state index contributed by atoms with van der Waals surface area (Å²) in [6, 6.07) is 5.97. The highest BCUT2D eigenvalue weighted by Crippen LogP contribution is 2.41. The van der Waals surface area contributed by atoms with Gasteiger partial charge < -0.3 is 25.2 Å². The highest BCUT2D eigenvalue weighted by Gasteiger charge is 2.38. The van der Waals surface area contributed by atoms with E-state index in [1.165, 1.54) is 54.5 Å². The maximum absolute atomic E-state index is 13.3. The molecule has 1 heterocycles. The van der Waals surface area contributed by atoms with E-state index in [0.717, 1.165) is 0 Å². The summed E-state index contributed by atoms with van der Waals surface area (Å²) in [5.74, 6) is -1.50. The molecule has 4 rings (SSSR count). The molecule has 0 aromatic heterocycles. The number of benzene rings is 2. The lowest BCUT2D eigenvalue weighted by Crippen LogP contribution is -2.32. The summed E-state index contributed by atoms with van der Waals surface area (Å²) < 4.78 is 35.3. The third-order valence-corrected chi connectivity index (χ3v) is 5.65. The molecular formula is C24H26ClF2N3O6. The van der Waals surface area contributed by atoms with Gasteiger partial charge in [-0.2, -0.15) is 8.78 Å². The number of primary amides is 1. The molecule has 36 heavy (non-hydrogen) atoms. The molecule has 1 fully saturated rings. The minimum Gasteiger partial charge on any atom is -0.490 e. The molecule has 0 saturated heterocycles. The van der Waals surface area contributed by atoms with E-state index in [1.807, 2.05) is 0 Å². The van der Waals surface area contributed by atoms with Crippen LogP contribution in [0.15, 0.2) is 30.3 Å². The Bertz CT molecular complexity index is 1140. The van der Waals surface area contributed by atoms with Gasteiger partial charge in [0.2, 0.25) is 5.91 Å². The Hall–Kier alpha value is -3.60. The number of carbonyl (C=O) groups excluding carboxylic acids is 2. The lowest BCUT2D eigenvalue weighted by molar-refractivity contribution is -0.119. The summed E-state index contributed by atoms with van der Waals surface area (Å²) >= 11 is 6.25. The van der Waals surface area contributed by atoms with E-state index in [4.69, 9.17) is 27.2 Å². The van der Waals surface area contributed by atoms with Crippen molar-refractivity contribution in [3.05, 3.63) is 52.0 Å². The zero-order valence-electron chi connectivity index (χ0n) is 19.4. The Labute approximate surface area is 211 Å². The first-order valence-corrected chi connectivity index (χ1v) is 11.6. The van der Waals surface area contributed by atoms with Crippen LogP contribution in [0.1, 0.15) is 60.1 Å². The number of nitrogens with zero attached hydrogens (tertiary/aromatic N) is 1. The molecule has 1 atom stereocenters. The van der Waals surface area contributed by atoms with Gasteiger partial charge in [0.05, 0.1) is 30.3 Å². The van der Waals surface area contributed by atoms with Crippen molar-refractivity contribution >= 4 is 35.2 Å². The van der Waals surface area contributed by atoms with Crippen LogP contribution >= 0.6 is 11.6 Å². The zero-order chi connectivity index (χ0) is 26.4. The third kappa shape index (κ3) is 6.75. The highest BCUT2D eigenvalue weighted by molar-refractivity contribution is 6.32. The van der Waals surface area contributed by atoms with Crippen LogP contribution in [0, 0.1) is 0 Å². The van der Waals surface area contributed by atoms with Crippen molar-refractivity contribution in [2.75, 3.05) is 11.9 Å². The summed E-state index contributed by atoms with van der Waals surface area (Å²) in [5.41, 5.74) is 6.28. The molecule has 2 aromatic carbocycles. The van der Waals surface area contributed by atoms with Crippen molar-refractivity contribution in [2.45, 2.75) is 51.8 Å². The summed E-state index contributed by atoms with van der Waals surface area (Å²) in [5, 5.41) is 11.5. The minimum atomic E-state index is -3.08. The van der Waals surface area contributed by atoms with Crippen LogP contribution in [-0.2, 0) is 11.3 Å². The van der Waals surface area contributed by atoms with E-state index in [9.17, 15) is 23.2 Å². The number of amides is 3. The van der Waals surface area contributed by atoms with Crippen LogP contribution in [0.25, 0.3) is 0 Å². The Morgan fingerprint density at radius 1 is 1.19 bits per heavy atom. The average Bonchev–Trinajstić information content (AvgIpc) is 3.64. The van der Waals surface area contributed by atoms with Gasteiger partial charge in [0.1, 0.15) is 0 Å². The number of anilines is 1. The van der Waals surface area contributed by atoms with E-state index < -0.39 is 30.6 Å². The number of fused-ring (bicyclic) bond motifs is 1. The van der Waals surface area contributed by atoms with Gasteiger partial charge in [-0.15, -0.1) is 0 Å². The molecule has 2 aromatic rings. The van der Waals surface area contributed by atoms with Gasteiger partial charge in [-0.05, 0) is 36.8 Å². The van der Waals surface area contributed by atoms with Crippen LogP contribution in [0.4, 0.5) is 19.3 Å². The van der Waals surface area contributed by atoms with E-state index in [1.54, 1.807) is 6.92 Å². The first-order valence-electron chi connectivity index (χ1n) is 11.2. The fraction of sp³-hybridized carbons (Fsp3) is 0.375. The van der Waals surface area contributed by atoms with Crippen molar-refractivity contribution < 1.29 is 37.7 Å². The quantitative estimate of drug-likeness (QED) is 0.414. The third-order valence-electron chi connectivity index (χ3n) is 5.29.